The van der Waals surface area contributed by atoms with E-state index in [1.165, 1.54) is 20.3 Å². The lowest BCUT2D eigenvalue weighted by atomic mass is 10.0. The molecule has 7 heteroatoms. The summed E-state index contributed by atoms with van der Waals surface area (Å²) in [6, 6.07) is 7.90. The van der Waals surface area contributed by atoms with Crippen molar-refractivity contribution in [3.05, 3.63) is 52.3 Å². The summed E-state index contributed by atoms with van der Waals surface area (Å²) in [5.41, 5.74) is 2.69. The van der Waals surface area contributed by atoms with Gasteiger partial charge in [0.2, 0.25) is 0 Å². The Morgan fingerprint density at radius 2 is 2.04 bits per heavy atom. The third-order valence-corrected chi connectivity index (χ3v) is 5.36. The number of urea groups is 1. The van der Waals surface area contributed by atoms with Gasteiger partial charge in [-0.2, -0.15) is 0 Å². The Hall–Kier alpha value is -2.47. The van der Waals surface area contributed by atoms with Gasteiger partial charge in [0.25, 0.3) is 0 Å². The van der Waals surface area contributed by atoms with Gasteiger partial charge in [-0.1, -0.05) is 17.7 Å². The lowest BCUT2D eigenvalue weighted by Crippen LogP contribution is -2.33. The second-order valence-corrected chi connectivity index (χ2v) is 6.96. The zero-order chi connectivity index (χ0) is 18.4. The molecule has 0 radical (unpaired) electrons. The molecule has 26 heavy (non-hydrogen) atoms. The Balaban J connectivity index is 1.42. The molecule has 2 aliphatic carbocycles. The van der Waals surface area contributed by atoms with E-state index in [4.69, 9.17) is 21.1 Å². The largest absolute Gasteiger partial charge is 0.493 e. The lowest BCUT2D eigenvalue weighted by molar-refractivity contribution is 0.251. The van der Waals surface area contributed by atoms with Gasteiger partial charge >= 0.3 is 6.03 Å². The summed E-state index contributed by atoms with van der Waals surface area (Å²) >= 11 is 6.15. The maximum absolute atomic E-state index is 13.3. The highest BCUT2D eigenvalue weighted by atomic mass is 35.5. The fourth-order valence-corrected chi connectivity index (χ4v) is 4.18. The number of anilines is 1. The standard InChI is InChI=1S/C19H18ClFN2O3/c1-25-15-8-11(7-14(20)18(15)26-2)22-19(24)23-17-13-6-9-5-10(21)3-4-12(9)16(13)17/h3-5,7-8,13,16-17H,6H2,1-2H3,(H2,22,23,24). The number of carbonyl (C=O) groups is 1. The third kappa shape index (κ3) is 2.84. The molecule has 0 saturated heterocycles. The van der Waals surface area contributed by atoms with Crippen LogP contribution in [0.2, 0.25) is 5.02 Å². The Bertz CT molecular complexity index is 889. The Morgan fingerprint density at radius 3 is 2.77 bits per heavy atom. The molecule has 2 amide bonds. The van der Waals surface area contributed by atoms with E-state index in [9.17, 15) is 9.18 Å². The first-order chi connectivity index (χ1) is 12.5. The van der Waals surface area contributed by atoms with Crippen molar-refractivity contribution in [2.75, 3.05) is 19.5 Å². The van der Waals surface area contributed by atoms with Crippen molar-refractivity contribution in [3.8, 4) is 11.5 Å². The summed E-state index contributed by atoms with van der Waals surface area (Å²) in [4.78, 5) is 12.3. The van der Waals surface area contributed by atoms with Gasteiger partial charge in [-0.05, 0) is 41.7 Å². The summed E-state index contributed by atoms with van der Waals surface area (Å²) < 4.78 is 23.7. The molecule has 3 unspecified atom stereocenters. The van der Waals surface area contributed by atoms with Crippen molar-refractivity contribution in [2.45, 2.75) is 18.4 Å². The first kappa shape index (κ1) is 17.0. The molecular formula is C19H18ClFN2O3. The molecular weight excluding hydrogens is 359 g/mol. The minimum absolute atomic E-state index is 0.0728. The van der Waals surface area contributed by atoms with Gasteiger partial charge < -0.3 is 20.1 Å². The van der Waals surface area contributed by atoms with Gasteiger partial charge in [0.1, 0.15) is 5.82 Å². The van der Waals surface area contributed by atoms with Crippen molar-refractivity contribution < 1.29 is 18.7 Å². The third-order valence-electron chi connectivity index (χ3n) is 5.08. The van der Waals surface area contributed by atoms with Crippen LogP contribution < -0.4 is 20.1 Å². The van der Waals surface area contributed by atoms with Crippen LogP contribution in [-0.4, -0.2) is 26.3 Å². The van der Waals surface area contributed by atoms with Crippen LogP contribution in [0.4, 0.5) is 14.9 Å². The number of amides is 2. The molecule has 0 aromatic heterocycles. The first-order valence-corrected chi connectivity index (χ1v) is 8.67. The second-order valence-electron chi connectivity index (χ2n) is 6.55. The SMILES string of the molecule is COc1cc(NC(=O)NC2C3Cc4cc(F)ccc4C32)cc(Cl)c1OC. The number of rotatable bonds is 4. The number of ether oxygens (including phenoxy) is 2. The van der Waals surface area contributed by atoms with E-state index in [0.717, 1.165) is 17.5 Å². The fourth-order valence-electron chi connectivity index (χ4n) is 3.89. The van der Waals surface area contributed by atoms with Crippen molar-refractivity contribution >= 4 is 23.3 Å². The average molecular weight is 377 g/mol. The van der Waals surface area contributed by atoms with Gasteiger partial charge in [0.05, 0.1) is 19.2 Å². The van der Waals surface area contributed by atoms with E-state index < -0.39 is 0 Å². The first-order valence-electron chi connectivity index (χ1n) is 8.29. The van der Waals surface area contributed by atoms with Crippen molar-refractivity contribution in [2.24, 2.45) is 5.92 Å². The number of nitrogens with one attached hydrogen (secondary N) is 2. The van der Waals surface area contributed by atoms with Crippen LogP contribution in [0.25, 0.3) is 0 Å². The lowest BCUT2D eigenvalue weighted by Gasteiger charge is -2.14. The summed E-state index contributed by atoms with van der Waals surface area (Å²) in [5.74, 6) is 1.25. The Labute approximate surface area is 155 Å². The van der Waals surface area contributed by atoms with Gasteiger partial charge in [0.15, 0.2) is 11.5 Å². The summed E-state index contributed by atoms with van der Waals surface area (Å²) in [5, 5.41) is 6.11. The predicted octanol–water partition coefficient (Wildman–Crippen LogP) is 3.96. The van der Waals surface area contributed by atoms with Crippen molar-refractivity contribution in [1.29, 1.82) is 0 Å². The smallest absolute Gasteiger partial charge is 0.319 e. The fraction of sp³-hybridized carbons (Fsp3) is 0.316. The molecule has 2 N–H and O–H groups in total. The molecule has 2 aliphatic rings. The predicted molar refractivity (Wildman–Crippen MR) is 96.8 cm³/mol. The van der Waals surface area contributed by atoms with Crippen LogP contribution >= 0.6 is 11.6 Å². The van der Waals surface area contributed by atoms with Crippen LogP contribution in [0.1, 0.15) is 17.0 Å². The van der Waals surface area contributed by atoms with Crippen LogP contribution in [0, 0.1) is 11.7 Å². The highest BCUT2D eigenvalue weighted by Gasteiger charge is 2.56. The number of benzene rings is 2. The topological polar surface area (TPSA) is 59.6 Å². The van der Waals surface area contributed by atoms with Crippen LogP contribution in [-0.2, 0) is 6.42 Å². The highest BCUT2D eigenvalue weighted by molar-refractivity contribution is 6.32. The van der Waals surface area contributed by atoms with Gasteiger partial charge in [-0.15, -0.1) is 0 Å². The van der Waals surface area contributed by atoms with E-state index in [2.05, 4.69) is 10.6 Å². The second kappa shape index (κ2) is 6.36. The summed E-state index contributed by atoms with van der Waals surface area (Å²) in [7, 11) is 3.00. The summed E-state index contributed by atoms with van der Waals surface area (Å²) in [6.07, 6.45) is 0.797. The maximum Gasteiger partial charge on any atom is 0.319 e. The van der Waals surface area contributed by atoms with Crippen molar-refractivity contribution in [1.82, 2.24) is 5.32 Å². The number of halogens is 2. The van der Waals surface area contributed by atoms with E-state index in [1.807, 2.05) is 6.07 Å². The van der Waals surface area contributed by atoms with Gasteiger partial charge in [-0.3, -0.25) is 0 Å². The minimum Gasteiger partial charge on any atom is -0.493 e. The van der Waals surface area contributed by atoms with Crippen LogP contribution in [0.15, 0.2) is 30.3 Å². The molecule has 2 aromatic carbocycles. The molecule has 0 spiro atoms. The monoisotopic (exact) mass is 376 g/mol. The highest BCUT2D eigenvalue weighted by Crippen LogP contribution is 2.56. The quantitative estimate of drug-likeness (QED) is 0.849. The van der Waals surface area contributed by atoms with Crippen LogP contribution in [0.3, 0.4) is 0 Å². The molecule has 5 nitrogen and oxygen atoms in total. The number of methoxy groups -OCH3 is 2. The number of carbonyl (C=O) groups excluding carboxylic acids is 1. The molecule has 4 rings (SSSR count). The number of hydrogen-bond donors (Lipinski definition) is 2. The number of hydrogen-bond acceptors (Lipinski definition) is 3. The Morgan fingerprint density at radius 1 is 1.23 bits per heavy atom. The molecule has 1 saturated carbocycles. The van der Waals surface area contributed by atoms with E-state index in [-0.39, 0.29) is 23.8 Å². The van der Waals surface area contributed by atoms with Gasteiger partial charge in [0, 0.05) is 23.7 Å². The zero-order valence-corrected chi connectivity index (χ0v) is 15.1. The normalized spacial score (nSPS) is 22.2. The van der Waals surface area contributed by atoms with Crippen molar-refractivity contribution in [3.63, 3.8) is 0 Å². The molecule has 2 aromatic rings. The zero-order valence-electron chi connectivity index (χ0n) is 14.3. The number of fused-ring (bicyclic) bond motifs is 3. The molecule has 136 valence electrons. The van der Waals surface area contributed by atoms with E-state index in [1.54, 1.807) is 18.2 Å². The van der Waals surface area contributed by atoms with Crippen LogP contribution in [0.5, 0.6) is 11.5 Å². The maximum atomic E-state index is 13.3. The summed E-state index contributed by atoms with van der Waals surface area (Å²) in [6.45, 7) is 0. The molecule has 1 fully saturated rings. The molecule has 0 bridgehead atoms. The molecule has 3 atom stereocenters. The molecule has 0 aliphatic heterocycles. The minimum atomic E-state index is -0.309. The van der Waals surface area contributed by atoms with E-state index in [0.29, 0.717) is 28.1 Å². The Kier molecular flexibility index (Phi) is 4.15. The van der Waals surface area contributed by atoms with Gasteiger partial charge in [-0.25, -0.2) is 9.18 Å². The van der Waals surface area contributed by atoms with E-state index >= 15 is 0 Å². The molecule has 0 heterocycles. The average Bonchev–Trinajstić information content (AvgIpc) is 3.11.